The lowest BCUT2D eigenvalue weighted by molar-refractivity contribution is 0.0957. The van der Waals surface area contributed by atoms with Crippen molar-refractivity contribution in [2.75, 3.05) is 0 Å². The van der Waals surface area contributed by atoms with E-state index in [1.165, 1.54) is 11.3 Å². The van der Waals surface area contributed by atoms with E-state index in [4.69, 9.17) is 17.4 Å². The number of nitrogen functional groups attached to an aromatic ring is 1. The summed E-state index contributed by atoms with van der Waals surface area (Å²) in [4.78, 5) is 11.3. The van der Waals surface area contributed by atoms with Crippen LogP contribution in [0.4, 0.5) is 0 Å². The largest absolute Gasteiger partial charge is 0.289 e. The first-order valence-electron chi connectivity index (χ1n) is 2.49. The highest BCUT2D eigenvalue weighted by Crippen LogP contribution is 2.18. The second-order valence-electron chi connectivity index (χ2n) is 1.60. The second-order valence-corrected chi connectivity index (χ2v) is 2.95. The van der Waals surface area contributed by atoms with Crippen molar-refractivity contribution in [2.24, 2.45) is 5.84 Å². The normalized spacial score (nSPS) is 9.40. The maximum Gasteiger partial charge on any atom is 0.275 e. The third-order valence-electron chi connectivity index (χ3n) is 0.922. The van der Waals surface area contributed by atoms with Crippen LogP contribution in [0, 0.1) is 0 Å². The number of hydrazine groups is 1. The molecule has 10 heavy (non-hydrogen) atoms. The van der Waals surface area contributed by atoms with Gasteiger partial charge in [-0.05, 0) is 6.07 Å². The van der Waals surface area contributed by atoms with Crippen molar-refractivity contribution in [3.05, 3.63) is 21.3 Å². The SMILES string of the molecule is NNC(=O)c1cc(Cl)cs1. The lowest BCUT2D eigenvalue weighted by Crippen LogP contribution is -2.29. The van der Waals surface area contributed by atoms with Crippen molar-refractivity contribution < 1.29 is 4.79 Å². The van der Waals surface area contributed by atoms with E-state index in [1.807, 2.05) is 5.43 Å². The van der Waals surface area contributed by atoms with Crippen molar-refractivity contribution in [1.82, 2.24) is 5.43 Å². The molecule has 0 aliphatic rings. The van der Waals surface area contributed by atoms with Crippen LogP contribution >= 0.6 is 22.9 Å². The van der Waals surface area contributed by atoms with E-state index in [1.54, 1.807) is 11.4 Å². The minimum atomic E-state index is -0.308. The molecule has 5 heteroatoms. The quantitative estimate of drug-likeness (QED) is 0.381. The molecule has 0 unspecified atom stereocenters. The fourth-order valence-corrected chi connectivity index (χ4v) is 1.48. The van der Waals surface area contributed by atoms with Crippen LogP contribution in [-0.4, -0.2) is 5.91 Å². The van der Waals surface area contributed by atoms with Gasteiger partial charge in [0.1, 0.15) is 0 Å². The molecular weight excluding hydrogens is 172 g/mol. The molecule has 1 aromatic rings. The molecule has 3 nitrogen and oxygen atoms in total. The van der Waals surface area contributed by atoms with E-state index in [2.05, 4.69) is 0 Å². The van der Waals surface area contributed by atoms with Crippen LogP contribution in [-0.2, 0) is 0 Å². The molecule has 0 saturated carbocycles. The Morgan fingerprint density at radius 3 is 2.90 bits per heavy atom. The van der Waals surface area contributed by atoms with Crippen molar-refractivity contribution in [2.45, 2.75) is 0 Å². The maximum absolute atomic E-state index is 10.7. The highest BCUT2D eigenvalue weighted by atomic mass is 35.5. The van der Waals surface area contributed by atoms with E-state index in [9.17, 15) is 4.79 Å². The lowest BCUT2D eigenvalue weighted by Gasteiger charge is -1.90. The Hall–Kier alpha value is -0.580. The Morgan fingerprint density at radius 2 is 2.50 bits per heavy atom. The number of hydrogen-bond donors (Lipinski definition) is 2. The van der Waals surface area contributed by atoms with Gasteiger partial charge in [0.2, 0.25) is 0 Å². The lowest BCUT2D eigenvalue weighted by atomic mass is 10.4. The fourth-order valence-electron chi connectivity index (χ4n) is 0.503. The summed E-state index contributed by atoms with van der Waals surface area (Å²) in [7, 11) is 0. The van der Waals surface area contributed by atoms with Gasteiger partial charge in [-0.25, -0.2) is 5.84 Å². The zero-order chi connectivity index (χ0) is 7.56. The van der Waals surface area contributed by atoms with Crippen molar-refractivity contribution in [1.29, 1.82) is 0 Å². The summed E-state index contributed by atoms with van der Waals surface area (Å²) in [5.74, 6) is 4.57. The number of halogens is 1. The second kappa shape index (κ2) is 3.01. The van der Waals surface area contributed by atoms with E-state index in [0.29, 0.717) is 9.90 Å². The first kappa shape index (κ1) is 7.53. The van der Waals surface area contributed by atoms with Gasteiger partial charge in [0.25, 0.3) is 5.91 Å². The molecule has 0 aliphatic heterocycles. The third-order valence-corrected chi connectivity index (χ3v) is 2.20. The van der Waals surface area contributed by atoms with E-state index >= 15 is 0 Å². The Bertz CT molecular complexity index is 248. The molecule has 0 fully saturated rings. The van der Waals surface area contributed by atoms with Crippen LogP contribution in [0.25, 0.3) is 0 Å². The molecule has 0 aromatic carbocycles. The van der Waals surface area contributed by atoms with Gasteiger partial charge in [0, 0.05) is 5.38 Å². The fraction of sp³-hybridized carbons (Fsp3) is 0. The zero-order valence-corrected chi connectivity index (χ0v) is 6.50. The number of thiophene rings is 1. The van der Waals surface area contributed by atoms with Crippen LogP contribution in [0.2, 0.25) is 5.02 Å². The van der Waals surface area contributed by atoms with Gasteiger partial charge in [0.05, 0.1) is 9.90 Å². The van der Waals surface area contributed by atoms with Crippen LogP contribution < -0.4 is 11.3 Å². The summed E-state index contributed by atoms with van der Waals surface area (Å²) in [6.45, 7) is 0. The molecule has 0 saturated heterocycles. The Kier molecular flexibility index (Phi) is 2.26. The molecule has 3 N–H and O–H groups in total. The molecule has 0 radical (unpaired) electrons. The third kappa shape index (κ3) is 1.47. The van der Waals surface area contributed by atoms with Gasteiger partial charge in [0.15, 0.2) is 0 Å². The molecule has 0 atom stereocenters. The minimum absolute atomic E-state index is 0.308. The van der Waals surface area contributed by atoms with Crippen molar-refractivity contribution in [3.63, 3.8) is 0 Å². The molecule has 1 rings (SSSR count). The zero-order valence-electron chi connectivity index (χ0n) is 4.93. The minimum Gasteiger partial charge on any atom is -0.289 e. The smallest absolute Gasteiger partial charge is 0.275 e. The van der Waals surface area contributed by atoms with Crippen LogP contribution in [0.3, 0.4) is 0 Å². The van der Waals surface area contributed by atoms with Crippen molar-refractivity contribution >= 4 is 28.8 Å². The predicted octanol–water partition coefficient (Wildman–Crippen LogP) is 1.00. The first-order valence-corrected chi connectivity index (χ1v) is 3.75. The average molecular weight is 177 g/mol. The number of amides is 1. The summed E-state index contributed by atoms with van der Waals surface area (Å²) in [6, 6.07) is 1.56. The highest BCUT2D eigenvalue weighted by Gasteiger charge is 2.04. The van der Waals surface area contributed by atoms with Gasteiger partial charge in [-0.2, -0.15) is 0 Å². The van der Waals surface area contributed by atoms with Crippen molar-refractivity contribution in [3.8, 4) is 0 Å². The summed E-state index contributed by atoms with van der Waals surface area (Å²) in [5.41, 5.74) is 2.01. The van der Waals surface area contributed by atoms with E-state index in [-0.39, 0.29) is 5.91 Å². The van der Waals surface area contributed by atoms with Gasteiger partial charge in [-0.1, -0.05) is 11.6 Å². The van der Waals surface area contributed by atoms with E-state index in [0.717, 1.165) is 0 Å². The number of rotatable bonds is 1. The number of nitrogens with one attached hydrogen (secondary N) is 1. The summed E-state index contributed by atoms with van der Waals surface area (Å²) in [6.07, 6.45) is 0. The van der Waals surface area contributed by atoms with Gasteiger partial charge < -0.3 is 0 Å². The highest BCUT2D eigenvalue weighted by molar-refractivity contribution is 7.12. The molecule has 54 valence electrons. The topological polar surface area (TPSA) is 55.1 Å². The monoisotopic (exact) mass is 176 g/mol. The van der Waals surface area contributed by atoms with Crippen LogP contribution in [0.1, 0.15) is 9.67 Å². The summed E-state index contributed by atoms with van der Waals surface area (Å²) >= 11 is 6.81. The van der Waals surface area contributed by atoms with E-state index < -0.39 is 0 Å². The molecule has 0 bridgehead atoms. The molecule has 1 amide bonds. The molecule has 1 aromatic heterocycles. The Morgan fingerprint density at radius 1 is 1.80 bits per heavy atom. The average Bonchev–Trinajstić information content (AvgIpc) is 2.34. The standard InChI is InChI=1S/C5H5ClN2OS/c6-3-1-4(10-2-3)5(9)8-7/h1-2H,7H2,(H,8,9). The molecule has 0 aliphatic carbocycles. The Labute approximate surface area is 66.8 Å². The van der Waals surface area contributed by atoms with Crippen LogP contribution in [0.15, 0.2) is 11.4 Å². The van der Waals surface area contributed by atoms with Gasteiger partial charge >= 0.3 is 0 Å². The number of hydrogen-bond acceptors (Lipinski definition) is 3. The van der Waals surface area contributed by atoms with Gasteiger partial charge in [-0.3, -0.25) is 10.2 Å². The summed E-state index contributed by atoms with van der Waals surface area (Å²) in [5, 5.41) is 2.23. The number of nitrogens with two attached hydrogens (primary N) is 1. The molecule has 0 spiro atoms. The summed E-state index contributed by atoms with van der Waals surface area (Å²) < 4.78 is 0. The van der Waals surface area contributed by atoms with Crippen LogP contribution in [0.5, 0.6) is 0 Å². The molecule has 1 heterocycles. The predicted molar refractivity (Wildman–Crippen MR) is 41.0 cm³/mol. The number of carbonyl (C=O) groups excluding carboxylic acids is 1. The van der Waals surface area contributed by atoms with Gasteiger partial charge in [-0.15, -0.1) is 11.3 Å². The maximum atomic E-state index is 10.7. The first-order chi connectivity index (χ1) is 4.74. The Balaban J connectivity index is 2.85. The molecular formula is C5H5ClN2OS. The number of carbonyl (C=O) groups is 1.